The highest BCUT2D eigenvalue weighted by molar-refractivity contribution is 6.04. The molecule has 1 aliphatic heterocycles. The van der Waals surface area contributed by atoms with Crippen molar-refractivity contribution in [3.63, 3.8) is 0 Å². The van der Waals surface area contributed by atoms with Crippen molar-refractivity contribution in [1.82, 2.24) is 20.1 Å². The standard InChI is InChI=1S/C23H25FN6O3/c1-29-22(30-12-5-8-16(11-13-30)26-23(32)33)19(14-25-29)28-21(31)18-10-9-17(24)20(27-18)15-6-3-2-4-7-15/h2-4,6-7,9-10,14,16,26H,5,8,11-13H2,1H3,(H,28,31)(H,32,33). The van der Waals surface area contributed by atoms with E-state index in [4.69, 9.17) is 5.11 Å². The molecule has 0 saturated carbocycles. The Hall–Kier alpha value is -3.95. The molecule has 9 nitrogen and oxygen atoms in total. The molecule has 1 fully saturated rings. The van der Waals surface area contributed by atoms with Gasteiger partial charge in [-0.3, -0.25) is 9.48 Å². The minimum atomic E-state index is -1.02. The van der Waals surface area contributed by atoms with Gasteiger partial charge in [-0.2, -0.15) is 5.10 Å². The predicted molar refractivity (Wildman–Crippen MR) is 122 cm³/mol. The van der Waals surface area contributed by atoms with Crippen molar-refractivity contribution in [3.8, 4) is 11.3 Å². The number of hydrogen-bond donors (Lipinski definition) is 3. The van der Waals surface area contributed by atoms with Gasteiger partial charge in [0.1, 0.15) is 22.9 Å². The number of carbonyl (C=O) groups excluding carboxylic acids is 1. The largest absolute Gasteiger partial charge is 0.465 e. The number of amides is 2. The molecule has 0 bridgehead atoms. The number of anilines is 2. The number of rotatable bonds is 5. The van der Waals surface area contributed by atoms with Gasteiger partial charge in [-0.25, -0.2) is 14.2 Å². The van der Waals surface area contributed by atoms with Crippen LogP contribution in [0, 0.1) is 5.82 Å². The highest BCUT2D eigenvalue weighted by Gasteiger charge is 2.24. The third kappa shape index (κ3) is 5.11. The fourth-order valence-corrected chi connectivity index (χ4v) is 4.07. The molecule has 2 aromatic heterocycles. The van der Waals surface area contributed by atoms with Crippen LogP contribution in [0.15, 0.2) is 48.7 Å². The van der Waals surface area contributed by atoms with Crippen LogP contribution in [0.2, 0.25) is 0 Å². The zero-order valence-corrected chi connectivity index (χ0v) is 18.2. The first kappa shape index (κ1) is 22.3. The van der Waals surface area contributed by atoms with Gasteiger partial charge >= 0.3 is 6.09 Å². The summed E-state index contributed by atoms with van der Waals surface area (Å²) in [4.78, 5) is 30.3. The van der Waals surface area contributed by atoms with Crippen molar-refractivity contribution in [2.75, 3.05) is 23.3 Å². The first-order valence-electron chi connectivity index (χ1n) is 10.7. The molecule has 3 heterocycles. The summed E-state index contributed by atoms with van der Waals surface area (Å²) in [6.45, 7) is 1.31. The summed E-state index contributed by atoms with van der Waals surface area (Å²) in [6, 6.07) is 11.3. The molecule has 3 aromatic rings. The van der Waals surface area contributed by atoms with Gasteiger partial charge in [0, 0.05) is 31.7 Å². The van der Waals surface area contributed by atoms with Crippen molar-refractivity contribution < 1.29 is 19.1 Å². The Bertz CT molecular complexity index is 1150. The van der Waals surface area contributed by atoms with Crippen molar-refractivity contribution in [2.24, 2.45) is 7.05 Å². The summed E-state index contributed by atoms with van der Waals surface area (Å²) in [5, 5.41) is 18.7. The topological polar surface area (TPSA) is 112 Å². The maximum absolute atomic E-state index is 14.3. The number of hydrogen-bond acceptors (Lipinski definition) is 5. The number of aromatic nitrogens is 3. The lowest BCUT2D eigenvalue weighted by atomic mass is 10.1. The average Bonchev–Trinajstić information content (AvgIpc) is 3.00. The van der Waals surface area contributed by atoms with Gasteiger partial charge in [-0.15, -0.1) is 0 Å². The van der Waals surface area contributed by atoms with Crippen molar-refractivity contribution in [3.05, 3.63) is 60.2 Å². The summed E-state index contributed by atoms with van der Waals surface area (Å²) >= 11 is 0. The Morgan fingerprint density at radius 3 is 2.67 bits per heavy atom. The zero-order valence-electron chi connectivity index (χ0n) is 18.2. The molecule has 1 saturated heterocycles. The van der Waals surface area contributed by atoms with Crippen molar-refractivity contribution >= 4 is 23.5 Å². The quantitative estimate of drug-likeness (QED) is 0.546. The molecule has 172 valence electrons. The zero-order chi connectivity index (χ0) is 23.4. The van der Waals surface area contributed by atoms with E-state index in [1.54, 1.807) is 42.2 Å². The fourth-order valence-electron chi connectivity index (χ4n) is 4.07. The van der Waals surface area contributed by atoms with E-state index < -0.39 is 17.8 Å². The lowest BCUT2D eigenvalue weighted by Crippen LogP contribution is -2.35. The summed E-state index contributed by atoms with van der Waals surface area (Å²) in [7, 11) is 1.78. The normalized spacial score (nSPS) is 16.2. The number of pyridine rings is 1. The van der Waals surface area contributed by atoms with Crippen molar-refractivity contribution in [2.45, 2.75) is 25.3 Å². The fraction of sp³-hybridized carbons (Fsp3) is 0.304. The second-order valence-corrected chi connectivity index (χ2v) is 7.92. The average molecular weight is 452 g/mol. The van der Waals surface area contributed by atoms with E-state index in [1.807, 2.05) is 6.07 Å². The molecule has 1 atom stereocenters. The second kappa shape index (κ2) is 9.68. The van der Waals surface area contributed by atoms with Gasteiger partial charge in [0.2, 0.25) is 0 Å². The lowest BCUT2D eigenvalue weighted by Gasteiger charge is -2.24. The Balaban J connectivity index is 1.53. The van der Waals surface area contributed by atoms with Crippen LogP contribution in [0.4, 0.5) is 20.7 Å². The van der Waals surface area contributed by atoms with Crippen molar-refractivity contribution in [1.29, 1.82) is 0 Å². The van der Waals surface area contributed by atoms with Gasteiger partial charge in [0.15, 0.2) is 5.82 Å². The lowest BCUT2D eigenvalue weighted by molar-refractivity contribution is 0.102. The van der Waals surface area contributed by atoms with Gasteiger partial charge < -0.3 is 20.6 Å². The molecule has 1 aliphatic rings. The SMILES string of the molecule is Cn1ncc(NC(=O)c2ccc(F)c(-c3ccccc3)n2)c1N1CCCC(NC(=O)O)CC1. The molecule has 0 radical (unpaired) electrons. The van der Waals surface area contributed by atoms with E-state index in [1.165, 1.54) is 12.1 Å². The number of aryl methyl sites for hydroxylation is 1. The maximum atomic E-state index is 14.3. The molecule has 0 aliphatic carbocycles. The van der Waals surface area contributed by atoms with E-state index in [0.717, 1.165) is 18.7 Å². The van der Waals surface area contributed by atoms with Gasteiger partial charge in [-0.1, -0.05) is 30.3 Å². The number of halogens is 1. The smallest absolute Gasteiger partial charge is 0.404 e. The molecule has 33 heavy (non-hydrogen) atoms. The van der Waals surface area contributed by atoms with Crippen LogP contribution < -0.4 is 15.5 Å². The number of carboxylic acid groups (broad SMARTS) is 1. The number of nitrogens with zero attached hydrogens (tertiary/aromatic N) is 4. The van der Waals surface area contributed by atoms with E-state index >= 15 is 0 Å². The van der Waals surface area contributed by atoms with Crippen LogP contribution >= 0.6 is 0 Å². The first-order valence-corrected chi connectivity index (χ1v) is 10.7. The van der Waals surface area contributed by atoms with Crippen LogP contribution in [0.1, 0.15) is 29.8 Å². The Kier molecular flexibility index (Phi) is 6.53. The maximum Gasteiger partial charge on any atom is 0.404 e. The van der Waals surface area contributed by atoms with Gasteiger partial charge in [-0.05, 0) is 31.4 Å². The third-order valence-electron chi connectivity index (χ3n) is 5.64. The molecule has 10 heteroatoms. The Morgan fingerprint density at radius 2 is 1.91 bits per heavy atom. The van der Waals surface area contributed by atoms with E-state index in [0.29, 0.717) is 30.8 Å². The highest BCUT2D eigenvalue weighted by atomic mass is 19.1. The first-order chi connectivity index (χ1) is 15.9. The van der Waals surface area contributed by atoms with Crippen LogP contribution in [0.25, 0.3) is 11.3 Å². The van der Waals surface area contributed by atoms with Gasteiger partial charge in [0.05, 0.1) is 6.20 Å². The van der Waals surface area contributed by atoms with E-state index in [-0.39, 0.29) is 17.4 Å². The van der Waals surface area contributed by atoms with E-state index in [9.17, 15) is 14.0 Å². The Labute approximate surface area is 190 Å². The summed E-state index contributed by atoms with van der Waals surface area (Å²) in [5.74, 6) is -0.250. The molecule has 0 spiro atoms. The summed E-state index contributed by atoms with van der Waals surface area (Å²) in [5.41, 5.74) is 1.30. The second-order valence-electron chi connectivity index (χ2n) is 7.92. The molecular formula is C23H25FN6O3. The predicted octanol–water partition coefficient (Wildman–Crippen LogP) is 3.50. The Morgan fingerprint density at radius 1 is 1.12 bits per heavy atom. The highest BCUT2D eigenvalue weighted by Crippen LogP contribution is 2.28. The van der Waals surface area contributed by atoms with Crippen LogP contribution in [-0.4, -0.2) is 51.0 Å². The van der Waals surface area contributed by atoms with E-state index in [2.05, 4.69) is 25.6 Å². The molecule has 2 amide bonds. The number of benzene rings is 1. The summed E-state index contributed by atoms with van der Waals surface area (Å²) < 4.78 is 16.0. The van der Waals surface area contributed by atoms with Crippen LogP contribution in [0.3, 0.4) is 0 Å². The number of nitrogens with one attached hydrogen (secondary N) is 2. The third-order valence-corrected chi connectivity index (χ3v) is 5.64. The molecule has 1 unspecified atom stereocenters. The van der Waals surface area contributed by atoms with Crippen LogP contribution in [0.5, 0.6) is 0 Å². The molecular weight excluding hydrogens is 427 g/mol. The minimum absolute atomic E-state index is 0.0895. The number of carbonyl (C=O) groups is 2. The molecule has 4 rings (SSSR count). The summed E-state index contributed by atoms with van der Waals surface area (Å²) in [6.07, 6.45) is 2.72. The van der Waals surface area contributed by atoms with Crippen LogP contribution in [-0.2, 0) is 7.05 Å². The molecule has 1 aromatic carbocycles. The minimum Gasteiger partial charge on any atom is -0.465 e. The molecule has 3 N–H and O–H groups in total. The monoisotopic (exact) mass is 452 g/mol. The van der Waals surface area contributed by atoms with Gasteiger partial charge in [0.25, 0.3) is 5.91 Å².